The third kappa shape index (κ3) is 3.25. The first kappa shape index (κ1) is 15.6. The van der Waals surface area contributed by atoms with Crippen molar-refractivity contribution in [3.8, 4) is 0 Å². The van der Waals surface area contributed by atoms with Crippen LogP contribution in [0.1, 0.15) is 33.2 Å². The second-order valence-electron chi connectivity index (χ2n) is 5.65. The largest absolute Gasteiger partial charge is 0.393 e. The number of hydrogen-bond acceptors (Lipinski definition) is 3. The van der Waals surface area contributed by atoms with Crippen LogP contribution in [0.4, 0.5) is 4.39 Å². The molecule has 2 aromatic rings. The van der Waals surface area contributed by atoms with Gasteiger partial charge in [-0.05, 0) is 48.2 Å². The maximum Gasteiger partial charge on any atom is 0.277 e. The standard InChI is InChI=1S/C18H18FNO3/c1-12-8-14(10-15(19)9-12)17(11-21)23-20-7-6-13-4-2-3-5-16(13)18(20)22/h2-5,8-10,17,21H,6-7,11H2,1H3. The molecule has 0 saturated heterocycles. The molecule has 0 aliphatic carbocycles. The third-order valence-electron chi connectivity index (χ3n) is 3.92. The van der Waals surface area contributed by atoms with E-state index in [-0.39, 0.29) is 12.5 Å². The first-order valence-electron chi connectivity index (χ1n) is 7.53. The van der Waals surface area contributed by atoms with E-state index in [1.807, 2.05) is 12.1 Å². The summed E-state index contributed by atoms with van der Waals surface area (Å²) in [6, 6.07) is 11.8. The fourth-order valence-electron chi connectivity index (χ4n) is 2.81. The molecule has 0 fully saturated rings. The van der Waals surface area contributed by atoms with E-state index in [4.69, 9.17) is 4.84 Å². The molecule has 1 atom stereocenters. The SMILES string of the molecule is Cc1cc(F)cc(C(CO)ON2CCc3ccccc3C2=O)c1. The molecule has 3 rings (SSSR count). The zero-order chi connectivity index (χ0) is 16.4. The number of aryl methyl sites for hydroxylation is 1. The van der Waals surface area contributed by atoms with Gasteiger partial charge in [0, 0.05) is 5.56 Å². The van der Waals surface area contributed by atoms with E-state index in [0.717, 1.165) is 11.1 Å². The van der Waals surface area contributed by atoms with Crippen molar-refractivity contribution in [2.75, 3.05) is 13.2 Å². The van der Waals surface area contributed by atoms with Gasteiger partial charge in [-0.3, -0.25) is 9.63 Å². The minimum atomic E-state index is -0.779. The van der Waals surface area contributed by atoms with Crippen LogP contribution in [0.3, 0.4) is 0 Å². The maximum absolute atomic E-state index is 13.6. The van der Waals surface area contributed by atoms with E-state index in [0.29, 0.717) is 24.1 Å². The number of carbonyl (C=O) groups excluding carboxylic acids is 1. The molecule has 1 aliphatic rings. The number of hydrogen-bond donors (Lipinski definition) is 1. The van der Waals surface area contributed by atoms with Crippen LogP contribution in [-0.2, 0) is 11.3 Å². The molecule has 0 spiro atoms. The van der Waals surface area contributed by atoms with Crippen molar-refractivity contribution in [1.29, 1.82) is 0 Å². The average molecular weight is 315 g/mol. The van der Waals surface area contributed by atoms with Crippen LogP contribution in [0.15, 0.2) is 42.5 Å². The van der Waals surface area contributed by atoms with E-state index in [1.165, 1.54) is 17.2 Å². The first-order chi connectivity index (χ1) is 11.1. The molecule has 1 aliphatic heterocycles. The van der Waals surface area contributed by atoms with Gasteiger partial charge in [-0.1, -0.05) is 24.3 Å². The van der Waals surface area contributed by atoms with Gasteiger partial charge in [0.25, 0.3) is 5.91 Å². The van der Waals surface area contributed by atoms with Crippen LogP contribution in [0.2, 0.25) is 0 Å². The fourth-order valence-corrected chi connectivity index (χ4v) is 2.81. The lowest BCUT2D eigenvalue weighted by Gasteiger charge is -2.30. The van der Waals surface area contributed by atoms with Crippen molar-refractivity contribution in [2.24, 2.45) is 0 Å². The Morgan fingerprint density at radius 1 is 1.30 bits per heavy atom. The Bertz CT molecular complexity index is 712. The van der Waals surface area contributed by atoms with Gasteiger partial charge in [-0.25, -0.2) is 9.45 Å². The van der Waals surface area contributed by atoms with Crippen LogP contribution >= 0.6 is 0 Å². The highest BCUT2D eigenvalue weighted by atomic mass is 19.1. The molecule has 1 N–H and O–H groups in total. The molecule has 0 saturated carbocycles. The van der Waals surface area contributed by atoms with Gasteiger partial charge in [0.15, 0.2) is 0 Å². The number of carbonyl (C=O) groups is 1. The molecule has 2 aromatic carbocycles. The Kier molecular flexibility index (Phi) is 4.41. The van der Waals surface area contributed by atoms with E-state index in [1.54, 1.807) is 25.1 Å². The van der Waals surface area contributed by atoms with Crippen LogP contribution < -0.4 is 0 Å². The van der Waals surface area contributed by atoms with E-state index in [2.05, 4.69) is 0 Å². The number of nitrogens with zero attached hydrogens (tertiary/aromatic N) is 1. The van der Waals surface area contributed by atoms with Gasteiger partial charge in [0.2, 0.25) is 0 Å². The molecule has 1 heterocycles. The summed E-state index contributed by atoms with van der Waals surface area (Å²) in [4.78, 5) is 18.2. The number of amides is 1. The highest BCUT2D eigenvalue weighted by Crippen LogP contribution is 2.25. The van der Waals surface area contributed by atoms with Gasteiger partial charge >= 0.3 is 0 Å². The smallest absolute Gasteiger partial charge is 0.277 e. The summed E-state index contributed by atoms with van der Waals surface area (Å²) in [6.07, 6.45) is -0.0963. The lowest BCUT2D eigenvalue weighted by Crippen LogP contribution is -2.39. The highest BCUT2D eigenvalue weighted by molar-refractivity contribution is 5.96. The third-order valence-corrected chi connectivity index (χ3v) is 3.92. The van der Waals surface area contributed by atoms with Crippen LogP contribution in [0.25, 0.3) is 0 Å². The molecule has 1 amide bonds. The second-order valence-corrected chi connectivity index (χ2v) is 5.65. The summed E-state index contributed by atoms with van der Waals surface area (Å²) in [7, 11) is 0. The normalized spacial score (nSPS) is 15.4. The average Bonchev–Trinajstić information content (AvgIpc) is 2.53. The summed E-state index contributed by atoms with van der Waals surface area (Å²) in [5, 5.41) is 10.8. The highest BCUT2D eigenvalue weighted by Gasteiger charge is 2.27. The molecular formula is C18H18FNO3. The van der Waals surface area contributed by atoms with Crippen molar-refractivity contribution in [1.82, 2.24) is 5.06 Å². The quantitative estimate of drug-likeness (QED) is 0.944. The van der Waals surface area contributed by atoms with Gasteiger partial charge in [0.05, 0.1) is 13.2 Å². The van der Waals surface area contributed by atoms with Crippen molar-refractivity contribution in [2.45, 2.75) is 19.4 Å². The monoisotopic (exact) mass is 315 g/mol. The predicted molar refractivity (Wildman–Crippen MR) is 83.2 cm³/mol. The van der Waals surface area contributed by atoms with Crippen molar-refractivity contribution >= 4 is 5.91 Å². The first-order valence-corrected chi connectivity index (χ1v) is 7.53. The summed E-state index contributed by atoms with van der Waals surface area (Å²) in [5.74, 6) is -0.629. The van der Waals surface area contributed by atoms with Crippen LogP contribution in [-0.4, -0.2) is 29.2 Å². The van der Waals surface area contributed by atoms with Crippen LogP contribution in [0.5, 0.6) is 0 Å². The van der Waals surface area contributed by atoms with Crippen molar-refractivity contribution in [3.63, 3.8) is 0 Å². The number of aliphatic hydroxyl groups is 1. The molecule has 0 radical (unpaired) electrons. The molecule has 1 unspecified atom stereocenters. The van der Waals surface area contributed by atoms with Gasteiger partial charge in [0.1, 0.15) is 11.9 Å². The fraction of sp³-hybridized carbons (Fsp3) is 0.278. The molecule has 23 heavy (non-hydrogen) atoms. The van der Waals surface area contributed by atoms with Gasteiger partial charge in [-0.15, -0.1) is 0 Å². The van der Waals surface area contributed by atoms with Gasteiger partial charge in [-0.2, -0.15) is 0 Å². The lowest BCUT2D eigenvalue weighted by molar-refractivity contribution is -0.178. The van der Waals surface area contributed by atoms with E-state index in [9.17, 15) is 14.3 Å². The summed E-state index contributed by atoms with van der Waals surface area (Å²) in [5.41, 5.74) is 2.83. The number of benzene rings is 2. The number of halogens is 1. The van der Waals surface area contributed by atoms with Gasteiger partial charge < -0.3 is 5.11 Å². The zero-order valence-corrected chi connectivity index (χ0v) is 12.8. The summed E-state index contributed by atoms with van der Waals surface area (Å²) in [6.45, 7) is 1.83. The maximum atomic E-state index is 13.6. The van der Waals surface area contributed by atoms with E-state index >= 15 is 0 Å². The Morgan fingerprint density at radius 2 is 2.09 bits per heavy atom. The zero-order valence-electron chi connectivity index (χ0n) is 12.8. The molecule has 0 bridgehead atoms. The molecule has 0 aromatic heterocycles. The molecule has 120 valence electrons. The molecular weight excluding hydrogens is 297 g/mol. The summed E-state index contributed by atoms with van der Waals surface area (Å²) >= 11 is 0. The number of fused-ring (bicyclic) bond motifs is 1. The second kappa shape index (κ2) is 6.48. The Labute approximate surface area is 134 Å². The summed E-state index contributed by atoms with van der Waals surface area (Å²) < 4.78 is 13.6. The topological polar surface area (TPSA) is 49.8 Å². The number of aliphatic hydroxyl groups excluding tert-OH is 1. The van der Waals surface area contributed by atoms with Crippen molar-refractivity contribution < 1.29 is 19.1 Å². The Balaban J connectivity index is 1.81. The lowest BCUT2D eigenvalue weighted by atomic mass is 10.0. The molecule has 4 nitrogen and oxygen atoms in total. The number of rotatable bonds is 4. The van der Waals surface area contributed by atoms with E-state index < -0.39 is 11.9 Å². The Hall–Kier alpha value is -2.24. The Morgan fingerprint density at radius 3 is 2.83 bits per heavy atom. The minimum absolute atomic E-state index is 0.238. The predicted octanol–water partition coefficient (Wildman–Crippen LogP) is 2.80. The molecule has 5 heteroatoms. The van der Waals surface area contributed by atoms with Crippen molar-refractivity contribution in [3.05, 3.63) is 70.5 Å². The minimum Gasteiger partial charge on any atom is -0.393 e. The number of hydroxylamine groups is 2. The van der Waals surface area contributed by atoms with Crippen LogP contribution in [0, 0.1) is 12.7 Å².